The third-order valence-electron chi connectivity index (χ3n) is 7.07. The number of likely N-dealkylation sites (N-methyl/N-ethyl adjacent to an activating group) is 1. The summed E-state index contributed by atoms with van der Waals surface area (Å²) in [5.41, 5.74) is 1.74. The van der Waals surface area contributed by atoms with Gasteiger partial charge in [-0.15, -0.1) is 11.8 Å². The number of hydrogen-bond donors (Lipinski definition) is 1. The molecule has 3 rings (SSSR count). The maximum absolute atomic E-state index is 12.3. The normalized spacial score (nSPS) is 13.0. The minimum Gasteiger partial charge on any atom is -0.494 e. The Morgan fingerprint density at radius 3 is 1.98 bits per heavy atom. The molecule has 2 atom stereocenters. The Labute approximate surface area is 250 Å². The summed E-state index contributed by atoms with van der Waals surface area (Å²) in [7, 11) is 6.30. The Morgan fingerprint density at radius 1 is 0.780 bits per heavy atom. The largest absolute Gasteiger partial charge is 0.494 e. The number of quaternary nitrogens is 1. The van der Waals surface area contributed by atoms with Gasteiger partial charge in [0.1, 0.15) is 17.5 Å². The van der Waals surface area contributed by atoms with Crippen LogP contribution in [0.5, 0.6) is 11.5 Å². The van der Waals surface area contributed by atoms with E-state index in [0.717, 1.165) is 55.6 Å². The molecule has 0 saturated carbocycles. The van der Waals surface area contributed by atoms with Crippen LogP contribution in [0.3, 0.4) is 0 Å². The maximum Gasteiger partial charge on any atom is 0.343 e. The standard InChI is InChI=1S/C34H46NO5S/c1-35(2,3)32(26-27-14-10-9-11-15-27)34(37)39-25-13-8-6-5-7-12-24-38-29-18-20-30(21-19-29)40-33(36)28-16-22-31(41-4)23-17-28/h9-11,14-23,32,34,37H,5-8,12-13,24-26H2,1-4H3/q+1. The third kappa shape index (κ3) is 11.9. The van der Waals surface area contributed by atoms with Crippen molar-refractivity contribution in [1.29, 1.82) is 0 Å². The summed E-state index contributed by atoms with van der Waals surface area (Å²) in [5, 5.41) is 10.7. The van der Waals surface area contributed by atoms with E-state index in [1.165, 1.54) is 5.56 Å². The quantitative estimate of drug-likeness (QED) is 0.0437. The van der Waals surface area contributed by atoms with Crippen LogP contribution in [0.15, 0.2) is 83.8 Å². The maximum atomic E-state index is 12.3. The molecule has 6 nitrogen and oxygen atoms in total. The van der Waals surface area contributed by atoms with Crippen LogP contribution in [-0.4, -0.2) is 68.5 Å². The lowest BCUT2D eigenvalue weighted by Gasteiger charge is -2.36. The fourth-order valence-corrected chi connectivity index (χ4v) is 4.93. The molecule has 1 N–H and O–H groups in total. The van der Waals surface area contributed by atoms with Crippen LogP contribution < -0.4 is 9.47 Å². The number of esters is 1. The average molecular weight is 581 g/mol. The molecule has 0 spiro atoms. The van der Waals surface area contributed by atoms with E-state index >= 15 is 0 Å². The number of carbonyl (C=O) groups excluding carboxylic acids is 1. The Morgan fingerprint density at radius 2 is 1.37 bits per heavy atom. The monoisotopic (exact) mass is 580 g/mol. The van der Waals surface area contributed by atoms with Gasteiger partial charge < -0.3 is 23.8 Å². The molecule has 0 saturated heterocycles. The second-order valence-corrected chi connectivity index (χ2v) is 12.1. The first-order valence-corrected chi connectivity index (χ1v) is 15.7. The molecule has 0 heterocycles. The van der Waals surface area contributed by atoms with Gasteiger partial charge in [0, 0.05) is 17.9 Å². The van der Waals surface area contributed by atoms with E-state index in [1.54, 1.807) is 36.0 Å². The first-order valence-electron chi connectivity index (χ1n) is 14.5. The van der Waals surface area contributed by atoms with Gasteiger partial charge in [0.15, 0.2) is 0 Å². The Balaban J connectivity index is 1.23. The molecule has 0 aliphatic rings. The van der Waals surface area contributed by atoms with Gasteiger partial charge in [-0.3, -0.25) is 0 Å². The molecule has 0 aromatic heterocycles. The molecule has 0 bridgehead atoms. The average Bonchev–Trinajstić information content (AvgIpc) is 2.97. The highest BCUT2D eigenvalue weighted by atomic mass is 32.2. The molecule has 3 aromatic rings. The molecule has 7 heteroatoms. The van der Waals surface area contributed by atoms with Crippen LogP contribution >= 0.6 is 11.8 Å². The van der Waals surface area contributed by atoms with Crippen molar-refractivity contribution < 1.29 is 28.6 Å². The van der Waals surface area contributed by atoms with E-state index in [2.05, 4.69) is 33.3 Å². The van der Waals surface area contributed by atoms with Crippen molar-refractivity contribution in [2.24, 2.45) is 0 Å². The summed E-state index contributed by atoms with van der Waals surface area (Å²) >= 11 is 1.63. The van der Waals surface area contributed by atoms with Crippen molar-refractivity contribution >= 4 is 17.7 Å². The predicted molar refractivity (Wildman–Crippen MR) is 167 cm³/mol. The first-order chi connectivity index (χ1) is 19.8. The van der Waals surface area contributed by atoms with Crippen molar-refractivity contribution in [1.82, 2.24) is 0 Å². The molecular formula is C34H46NO5S+. The minimum atomic E-state index is -0.786. The Hall–Kier alpha value is -2.84. The molecule has 2 unspecified atom stereocenters. The highest BCUT2D eigenvalue weighted by Crippen LogP contribution is 2.21. The number of hydrogen-bond acceptors (Lipinski definition) is 6. The topological polar surface area (TPSA) is 65.0 Å². The Kier molecular flexibility index (Phi) is 13.7. The molecule has 0 aliphatic carbocycles. The summed E-state index contributed by atoms with van der Waals surface area (Å²) in [5.74, 6) is 0.895. The van der Waals surface area contributed by atoms with E-state index in [0.29, 0.717) is 29.0 Å². The van der Waals surface area contributed by atoms with Crippen molar-refractivity contribution in [3.05, 3.63) is 90.0 Å². The van der Waals surface area contributed by atoms with Gasteiger partial charge in [0.25, 0.3) is 0 Å². The van der Waals surface area contributed by atoms with Gasteiger partial charge in [0.2, 0.25) is 6.29 Å². The summed E-state index contributed by atoms with van der Waals surface area (Å²) in [6.07, 6.45) is 8.41. The lowest BCUT2D eigenvalue weighted by Crippen LogP contribution is -2.53. The smallest absolute Gasteiger partial charge is 0.343 e. The molecule has 222 valence electrons. The Bertz CT molecular complexity index is 1150. The van der Waals surface area contributed by atoms with Crippen LogP contribution in [-0.2, 0) is 11.2 Å². The fraction of sp³-hybridized carbons (Fsp3) is 0.441. The van der Waals surface area contributed by atoms with Gasteiger partial charge in [-0.25, -0.2) is 4.79 Å². The molecule has 41 heavy (non-hydrogen) atoms. The lowest BCUT2D eigenvalue weighted by molar-refractivity contribution is -0.903. The van der Waals surface area contributed by atoms with Crippen LogP contribution in [0.25, 0.3) is 0 Å². The zero-order valence-electron chi connectivity index (χ0n) is 25.0. The number of ether oxygens (including phenoxy) is 3. The fourth-order valence-electron chi connectivity index (χ4n) is 4.53. The SMILES string of the molecule is CSc1ccc(C(=O)Oc2ccc(OCCCCCCCCOC(O)C(Cc3ccccc3)[N+](C)(C)C)cc2)cc1. The first kappa shape index (κ1) is 32.7. The van der Waals surface area contributed by atoms with E-state index in [4.69, 9.17) is 14.2 Å². The van der Waals surface area contributed by atoms with E-state index in [1.807, 2.05) is 48.7 Å². The number of aliphatic hydroxyl groups excluding tert-OH is 1. The molecule has 0 radical (unpaired) electrons. The number of benzene rings is 3. The zero-order valence-corrected chi connectivity index (χ0v) is 25.8. The summed E-state index contributed by atoms with van der Waals surface area (Å²) < 4.78 is 17.8. The molecule has 0 fully saturated rings. The number of carbonyl (C=O) groups is 1. The van der Waals surface area contributed by atoms with E-state index in [-0.39, 0.29) is 12.0 Å². The van der Waals surface area contributed by atoms with Crippen molar-refractivity contribution in [2.45, 2.75) is 62.2 Å². The number of aliphatic hydroxyl groups is 1. The highest BCUT2D eigenvalue weighted by molar-refractivity contribution is 7.98. The molecular weight excluding hydrogens is 534 g/mol. The van der Waals surface area contributed by atoms with Crippen LogP contribution in [0.2, 0.25) is 0 Å². The van der Waals surface area contributed by atoms with Crippen LogP contribution in [0, 0.1) is 0 Å². The van der Waals surface area contributed by atoms with Crippen molar-refractivity contribution in [2.75, 3.05) is 40.6 Å². The summed E-state index contributed by atoms with van der Waals surface area (Å²) in [6.45, 7) is 1.23. The lowest BCUT2D eigenvalue weighted by atomic mass is 10.0. The van der Waals surface area contributed by atoms with Crippen molar-refractivity contribution in [3.8, 4) is 11.5 Å². The van der Waals surface area contributed by atoms with Crippen LogP contribution in [0.4, 0.5) is 0 Å². The van der Waals surface area contributed by atoms with E-state index in [9.17, 15) is 9.90 Å². The second kappa shape index (κ2) is 17.2. The van der Waals surface area contributed by atoms with Gasteiger partial charge in [-0.2, -0.15) is 0 Å². The molecule has 0 aliphatic heterocycles. The van der Waals surface area contributed by atoms with Gasteiger partial charge in [0.05, 0.1) is 33.3 Å². The summed E-state index contributed by atoms with van der Waals surface area (Å²) in [4.78, 5) is 13.4. The summed E-state index contributed by atoms with van der Waals surface area (Å²) in [6, 6.07) is 24.8. The van der Waals surface area contributed by atoms with Crippen LogP contribution in [0.1, 0.15) is 54.4 Å². The minimum absolute atomic E-state index is 0.0219. The zero-order chi connectivity index (χ0) is 29.5. The number of nitrogens with zero attached hydrogens (tertiary/aromatic N) is 1. The van der Waals surface area contributed by atoms with E-state index < -0.39 is 6.29 Å². The van der Waals surface area contributed by atoms with Gasteiger partial charge in [-0.05, 0) is 73.2 Å². The second-order valence-electron chi connectivity index (χ2n) is 11.2. The van der Waals surface area contributed by atoms with Gasteiger partial charge >= 0.3 is 5.97 Å². The van der Waals surface area contributed by atoms with Gasteiger partial charge in [-0.1, -0.05) is 56.0 Å². The predicted octanol–water partition coefficient (Wildman–Crippen LogP) is 7.00. The number of unbranched alkanes of at least 4 members (excludes halogenated alkanes) is 5. The van der Waals surface area contributed by atoms with Crippen molar-refractivity contribution in [3.63, 3.8) is 0 Å². The molecule has 0 amide bonds. The highest BCUT2D eigenvalue weighted by Gasteiger charge is 2.32. The third-order valence-corrected chi connectivity index (χ3v) is 7.81. The number of rotatable bonds is 18. The molecule has 3 aromatic carbocycles. The number of thioether (sulfide) groups is 1.